The van der Waals surface area contributed by atoms with E-state index in [2.05, 4.69) is 15.1 Å². The van der Waals surface area contributed by atoms with E-state index < -0.39 is 16.7 Å². The predicted octanol–water partition coefficient (Wildman–Crippen LogP) is 3.10. The van der Waals surface area contributed by atoms with Gasteiger partial charge in [-0.2, -0.15) is 0 Å². The van der Waals surface area contributed by atoms with Gasteiger partial charge in [0.2, 0.25) is 5.69 Å². The summed E-state index contributed by atoms with van der Waals surface area (Å²) in [5.41, 5.74) is 5.84. The van der Waals surface area contributed by atoms with Crippen molar-refractivity contribution in [2.75, 3.05) is 5.73 Å². The molecule has 0 aliphatic carbocycles. The van der Waals surface area contributed by atoms with E-state index in [1.165, 1.54) is 0 Å². The Labute approximate surface area is 138 Å². The standard InChI is InChI=1S/C18H16N4O2/c1-18(12-8-4-2-5-9-12,13-10-6-3-7-11-13)17-20-15(19)14(22-24)16(23)21-17/h2-11H,1H3,(H3,19,20,21,23). The molecule has 0 fully saturated rings. The van der Waals surface area contributed by atoms with Crippen molar-refractivity contribution >= 4 is 11.5 Å². The van der Waals surface area contributed by atoms with Gasteiger partial charge in [0.25, 0.3) is 5.56 Å². The van der Waals surface area contributed by atoms with Crippen LogP contribution in [0.15, 0.2) is 70.6 Å². The summed E-state index contributed by atoms with van der Waals surface area (Å²) in [5.74, 6) is 0.177. The third-order valence-electron chi connectivity index (χ3n) is 4.19. The number of nitrogen functional groups attached to an aromatic ring is 1. The first kappa shape index (κ1) is 15.6. The number of nitroso groups, excluding NO2 is 1. The zero-order valence-corrected chi connectivity index (χ0v) is 13.1. The number of nitrogens with zero attached hydrogens (tertiary/aromatic N) is 2. The van der Waals surface area contributed by atoms with E-state index in [0.29, 0.717) is 5.82 Å². The predicted molar refractivity (Wildman–Crippen MR) is 93.2 cm³/mol. The summed E-state index contributed by atoms with van der Waals surface area (Å²) in [4.78, 5) is 29.8. The van der Waals surface area contributed by atoms with Crippen molar-refractivity contribution in [1.82, 2.24) is 9.97 Å². The van der Waals surface area contributed by atoms with Gasteiger partial charge >= 0.3 is 0 Å². The second kappa shape index (κ2) is 6.08. The highest BCUT2D eigenvalue weighted by molar-refractivity contribution is 5.57. The van der Waals surface area contributed by atoms with Gasteiger partial charge in [0.15, 0.2) is 5.82 Å². The lowest BCUT2D eigenvalue weighted by atomic mass is 9.75. The Balaban J connectivity index is 2.32. The van der Waals surface area contributed by atoms with Crippen LogP contribution in [-0.2, 0) is 5.41 Å². The van der Waals surface area contributed by atoms with Crippen molar-refractivity contribution in [3.63, 3.8) is 0 Å². The SMILES string of the molecule is CC(c1ccccc1)(c1ccccc1)c1nc(N)c(N=O)c(=O)[nH]1. The fraction of sp³-hybridized carbons (Fsp3) is 0.111. The molecule has 0 aliphatic heterocycles. The van der Waals surface area contributed by atoms with Crippen LogP contribution in [0.5, 0.6) is 0 Å². The molecule has 24 heavy (non-hydrogen) atoms. The summed E-state index contributed by atoms with van der Waals surface area (Å²) in [5, 5.41) is 2.66. The molecule has 2 aromatic carbocycles. The molecule has 0 aliphatic rings. The maximum absolute atomic E-state index is 12.1. The van der Waals surface area contributed by atoms with Crippen molar-refractivity contribution in [2.24, 2.45) is 5.18 Å². The molecule has 3 aromatic rings. The summed E-state index contributed by atoms with van der Waals surface area (Å²) >= 11 is 0. The maximum Gasteiger partial charge on any atom is 0.282 e. The average Bonchev–Trinajstić information content (AvgIpc) is 2.62. The first-order chi connectivity index (χ1) is 11.6. The lowest BCUT2D eigenvalue weighted by Crippen LogP contribution is -2.31. The minimum absolute atomic E-state index is 0.179. The highest BCUT2D eigenvalue weighted by atomic mass is 16.3. The highest BCUT2D eigenvalue weighted by Gasteiger charge is 2.34. The van der Waals surface area contributed by atoms with E-state index in [-0.39, 0.29) is 5.82 Å². The van der Waals surface area contributed by atoms with Crippen molar-refractivity contribution in [3.05, 3.63) is 92.9 Å². The minimum atomic E-state index is -0.739. The van der Waals surface area contributed by atoms with Crippen molar-refractivity contribution in [1.29, 1.82) is 0 Å². The van der Waals surface area contributed by atoms with Crippen LogP contribution in [0.1, 0.15) is 23.9 Å². The third kappa shape index (κ3) is 2.48. The Kier molecular flexibility index (Phi) is 3.95. The summed E-state index contributed by atoms with van der Waals surface area (Å²) < 4.78 is 0. The van der Waals surface area contributed by atoms with E-state index in [1.54, 1.807) is 0 Å². The van der Waals surface area contributed by atoms with E-state index in [4.69, 9.17) is 5.73 Å². The molecule has 120 valence electrons. The maximum atomic E-state index is 12.1. The number of rotatable bonds is 4. The monoisotopic (exact) mass is 320 g/mol. The molecule has 0 amide bonds. The molecule has 0 saturated carbocycles. The number of nitrogens with two attached hydrogens (primary N) is 1. The molecule has 1 heterocycles. The fourth-order valence-electron chi connectivity index (χ4n) is 2.79. The molecule has 0 radical (unpaired) electrons. The quantitative estimate of drug-likeness (QED) is 0.721. The smallest absolute Gasteiger partial charge is 0.282 e. The number of H-pyrrole nitrogens is 1. The van der Waals surface area contributed by atoms with Gasteiger partial charge in [-0.1, -0.05) is 60.7 Å². The van der Waals surface area contributed by atoms with Gasteiger partial charge in [0, 0.05) is 0 Å². The first-order valence-corrected chi connectivity index (χ1v) is 7.42. The molecular weight excluding hydrogens is 304 g/mol. The molecular formula is C18H16N4O2. The zero-order chi connectivity index (χ0) is 17.2. The normalized spacial score (nSPS) is 11.2. The first-order valence-electron chi connectivity index (χ1n) is 7.42. The van der Waals surface area contributed by atoms with Gasteiger partial charge in [-0.3, -0.25) is 4.79 Å². The van der Waals surface area contributed by atoms with Crippen LogP contribution in [-0.4, -0.2) is 9.97 Å². The lowest BCUT2D eigenvalue weighted by Gasteiger charge is -2.30. The average molecular weight is 320 g/mol. The van der Waals surface area contributed by atoms with E-state index in [1.807, 2.05) is 67.6 Å². The molecule has 0 atom stereocenters. The Morgan fingerprint density at radius 2 is 1.50 bits per heavy atom. The van der Waals surface area contributed by atoms with Crippen LogP contribution in [0.3, 0.4) is 0 Å². The van der Waals surface area contributed by atoms with Crippen LogP contribution in [0, 0.1) is 4.91 Å². The van der Waals surface area contributed by atoms with Gasteiger partial charge in [0.05, 0.1) is 5.41 Å². The van der Waals surface area contributed by atoms with Crippen LogP contribution in [0.25, 0.3) is 0 Å². The van der Waals surface area contributed by atoms with Crippen LogP contribution >= 0.6 is 0 Å². The zero-order valence-electron chi connectivity index (χ0n) is 13.1. The minimum Gasteiger partial charge on any atom is -0.382 e. The van der Waals surface area contributed by atoms with E-state index in [9.17, 15) is 9.70 Å². The van der Waals surface area contributed by atoms with Gasteiger partial charge in [0.1, 0.15) is 5.82 Å². The Hall–Kier alpha value is -3.28. The van der Waals surface area contributed by atoms with Crippen molar-refractivity contribution < 1.29 is 0 Å². The van der Waals surface area contributed by atoms with Crippen LogP contribution in [0.2, 0.25) is 0 Å². The molecule has 0 spiro atoms. The number of hydrogen-bond donors (Lipinski definition) is 2. The van der Waals surface area contributed by atoms with Gasteiger partial charge in [-0.15, -0.1) is 4.91 Å². The number of aromatic nitrogens is 2. The molecule has 6 heteroatoms. The Morgan fingerprint density at radius 3 is 1.92 bits per heavy atom. The van der Waals surface area contributed by atoms with Gasteiger partial charge < -0.3 is 10.7 Å². The molecule has 3 rings (SSSR count). The molecule has 3 N–H and O–H groups in total. The number of anilines is 1. The lowest BCUT2D eigenvalue weighted by molar-refractivity contribution is 0.633. The Bertz CT molecular complexity index is 881. The van der Waals surface area contributed by atoms with Gasteiger partial charge in [-0.05, 0) is 23.2 Å². The van der Waals surface area contributed by atoms with E-state index >= 15 is 0 Å². The fourth-order valence-corrected chi connectivity index (χ4v) is 2.79. The molecule has 0 unspecified atom stereocenters. The molecule has 0 bridgehead atoms. The molecule has 1 aromatic heterocycles. The molecule has 6 nitrogen and oxygen atoms in total. The second-order valence-corrected chi connectivity index (χ2v) is 5.60. The number of hydrogen-bond acceptors (Lipinski definition) is 5. The number of aromatic amines is 1. The van der Waals surface area contributed by atoms with Gasteiger partial charge in [-0.25, -0.2) is 4.98 Å². The second-order valence-electron chi connectivity index (χ2n) is 5.60. The number of benzene rings is 2. The Morgan fingerprint density at radius 1 is 1.00 bits per heavy atom. The largest absolute Gasteiger partial charge is 0.382 e. The summed E-state index contributed by atoms with van der Waals surface area (Å²) in [7, 11) is 0. The van der Waals surface area contributed by atoms with Crippen LogP contribution < -0.4 is 11.3 Å². The summed E-state index contributed by atoms with van der Waals surface area (Å²) in [6.07, 6.45) is 0. The number of nitrogens with one attached hydrogen (secondary N) is 1. The van der Waals surface area contributed by atoms with E-state index in [0.717, 1.165) is 11.1 Å². The topological polar surface area (TPSA) is 101 Å². The summed E-state index contributed by atoms with van der Waals surface area (Å²) in [6.45, 7) is 1.95. The third-order valence-corrected chi connectivity index (χ3v) is 4.19. The summed E-state index contributed by atoms with van der Waals surface area (Å²) in [6, 6.07) is 19.3. The molecule has 0 saturated heterocycles. The van der Waals surface area contributed by atoms with Crippen molar-refractivity contribution in [3.8, 4) is 0 Å². The van der Waals surface area contributed by atoms with Crippen molar-refractivity contribution in [2.45, 2.75) is 12.3 Å². The highest BCUT2D eigenvalue weighted by Crippen LogP contribution is 2.37. The van der Waals surface area contributed by atoms with Crippen LogP contribution in [0.4, 0.5) is 11.5 Å².